The molecule has 5 atom stereocenters. The first-order valence-corrected chi connectivity index (χ1v) is 14.5. The second-order valence-corrected chi connectivity index (χ2v) is 11.8. The smallest absolute Gasteiger partial charge is 0.232 e. The van der Waals surface area contributed by atoms with E-state index in [0.29, 0.717) is 30.5 Å². The SMILES string of the molecule is CC(=NCC(F)CCC(C)C)C(C(=O)NC1CNCC(F)C1N1CCC(CN2CCOCC2)CC1)C(N)N. The minimum Gasteiger partial charge on any atom is -0.379 e. The van der Waals surface area contributed by atoms with Crippen LogP contribution in [0.4, 0.5) is 8.78 Å². The molecule has 3 saturated heterocycles. The molecule has 5 unspecified atom stereocenters. The number of nitrogens with zero attached hydrogens (tertiary/aromatic N) is 3. The number of hydrogen-bond acceptors (Lipinski definition) is 8. The molecule has 3 fully saturated rings. The van der Waals surface area contributed by atoms with Crippen LogP contribution in [0, 0.1) is 17.8 Å². The minimum absolute atomic E-state index is 0.0192. The van der Waals surface area contributed by atoms with E-state index in [1.165, 1.54) is 0 Å². The highest BCUT2D eigenvalue weighted by atomic mass is 19.1. The number of nitrogens with one attached hydrogen (secondary N) is 2. The molecule has 6 N–H and O–H groups in total. The Morgan fingerprint density at radius 2 is 1.82 bits per heavy atom. The Hall–Kier alpha value is -1.24. The van der Waals surface area contributed by atoms with Gasteiger partial charge in [0.15, 0.2) is 0 Å². The third kappa shape index (κ3) is 9.45. The molecule has 3 rings (SSSR count). The fourth-order valence-electron chi connectivity index (χ4n) is 5.93. The van der Waals surface area contributed by atoms with E-state index < -0.39 is 36.5 Å². The van der Waals surface area contributed by atoms with Gasteiger partial charge in [-0.2, -0.15) is 0 Å². The molecule has 0 aromatic carbocycles. The summed E-state index contributed by atoms with van der Waals surface area (Å²) < 4.78 is 35.0. The third-order valence-electron chi connectivity index (χ3n) is 8.22. The van der Waals surface area contributed by atoms with E-state index in [4.69, 9.17) is 16.2 Å². The molecule has 1 amide bonds. The molecule has 3 heterocycles. The highest BCUT2D eigenvalue weighted by Gasteiger charge is 2.41. The van der Waals surface area contributed by atoms with Crippen molar-refractivity contribution in [1.29, 1.82) is 0 Å². The molecule has 0 spiro atoms. The van der Waals surface area contributed by atoms with E-state index in [9.17, 15) is 9.18 Å². The lowest BCUT2D eigenvalue weighted by Gasteiger charge is -2.46. The van der Waals surface area contributed by atoms with Crippen molar-refractivity contribution in [3.8, 4) is 0 Å². The number of nitrogens with two attached hydrogens (primary N) is 2. The fourth-order valence-corrected chi connectivity index (χ4v) is 5.93. The highest BCUT2D eigenvalue weighted by Crippen LogP contribution is 2.25. The lowest BCUT2D eigenvalue weighted by molar-refractivity contribution is -0.125. The van der Waals surface area contributed by atoms with Crippen molar-refractivity contribution < 1.29 is 18.3 Å². The average Bonchev–Trinajstić information content (AvgIpc) is 2.87. The summed E-state index contributed by atoms with van der Waals surface area (Å²) in [4.78, 5) is 22.3. The van der Waals surface area contributed by atoms with Gasteiger partial charge in [0.05, 0.1) is 38.0 Å². The van der Waals surface area contributed by atoms with Gasteiger partial charge in [0.2, 0.25) is 5.91 Å². The number of amides is 1. The standard InChI is InChI=1S/C27H51F2N7O2/c1-18(2)4-5-21(28)14-33-19(3)24(26(30)31)27(37)34-23-16-32-15-22(29)25(23)36-8-6-20(7-9-36)17-35-10-12-38-13-11-35/h18,20-26,32H,4-17,30-31H2,1-3H3,(H,34,37). The van der Waals surface area contributed by atoms with Crippen LogP contribution in [0.2, 0.25) is 0 Å². The van der Waals surface area contributed by atoms with E-state index in [1.807, 2.05) is 0 Å². The first kappa shape index (κ1) is 31.3. The zero-order valence-electron chi connectivity index (χ0n) is 23.6. The third-order valence-corrected chi connectivity index (χ3v) is 8.22. The van der Waals surface area contributed by atoms with Crippen molar-refractivity contribution in [3.05, 3.63) is 0 Å². The van der Waals surface area contributed by atoms with Crippen LogP contribution in [0.5, 0.6) is 0 Å². The quantitative estimate of drug-likeness (QED) is 0.213. The van der Waals surface area contributed by atoms with Crippen molar-refractivity contribution in [2.24, 2.45) is 34.2 Å². The van der Waals surface area contributed by atoms with Crippen LogP contribution in [-0.2, 0) is 9.53 Å². The van der Waals surface area contributed by atoms with Crippen LogP contribution in [0.25, 0.3) is 0 Å². The summed E-state index contributed by atoms with van der Waals surface area (Å²) in [7, 11) is 0. The fraction of sp³-hybridized carbons (Fsp3) is 0.926. The predicted octanol–water partition coefficient (Wildman–Crippen LogP) is 0.920. The normalized spacial score (nSPS) is 28.6. The van der Waals surface area contributed by atoms with Gasteiger partial charge in [-0.3, -0.25) is 19.6 Å². The van der Waals surface area contributed by atoms with Crippen LogP contribution in [-0.4, -0.2) is 118 Å². The summed E-state index contributed by atoms with van der Waals surface area (Å²) in [6.07, 6.45) is 0.0701. The maximum Gasteiger partial charge on any atom is 0.232 e. The zero-order valence-corrected chi connectivity index (χ0v) is 23.6. The first-order valence-electron chi connectivity index (χ1n) is 14.5. The number of carbonyl (C=O) groups excluding carboxylic acids is 1. The monoisotopic (exact) mass is 543 g/mol. The Morgan fingerprint density at radius 1 is 1.13 bits per heavy atom. The molecule has 0 aromatic rings. The molecule has 0 aliphatic carbocycles. The van der Waals surface area contributed by atoms with E-state index in [1.54, 1.807) is 6.92 Å². The molecule has 38 heavy (non-hydrogen) atoms. The van der Waals surface area contributed by atoms with Gasteiger partial charge in [-0.15, -0.1) is 0 Å². The van der Waals surface area contributed by atoms with Gasteiger partial charge in [-0.1, -0.05) is 13.8 Å². The van der Waals surface area contributed by atoms with Gasteiger partial charge >= 0.3 is 0 Å². The Balaban J connectivity index is 1.57. The number of piperidine rings is 2. The molecule has 3 aliphatic rings. The summed E-state index contributed by atoms with van der Waals surface area (Å²) in [5.74, 6) is -0.268. The Bertz CT molecular complexity index is 743. The molecule has 0 saturated carbocycles. The summed E-state index contributed by atoms with van der Waals surface area (Å²) in [5.41, 5.74) is 12.4. The maximum absolute atomic E-state index is 15.3. The summed E-state index contributed by atoms with van der Waals surface area (Å²) >= 11 is 0. The Labute approximate surface area is 227 Å². The number of hydrogen-bond donors (Lipinski definition) is 4. The number of morpholine rings is 1. The van der Waals surface area contributed by atoms with Gasteiger partial charge in [0, 0.05) is 38.4 Å². The molecule has 3 aliphatic heterocycles. The number of alkyl halides is 2. The molecule has 220 valence electrons. The molecule has 0 bridgehead atoms. The summed E-state index contributed by atoms with van der Waals surface area (Å²) in [6, 6.07) is -0.834. The lowest BCUT2D eigenvalue weighted by Crippen LogP contribution is -2.67. The number of aliphatic imine (C=N–C) groups is 1. The second kappa shape index (κ2) is 15.5. The number of halogens is 2. The molecular formula is C27H51F2N7O2. The van der Waals surface area contributed by atoms with Crippen LogP contribution in [0.15, 0.2) is 4.99 Å². The topological polar surface area (TPSA) is 121 Å². The van der Waals surface area contributed by atoms with Crippen LogP contribution < -0.4 is 22.1 Å². The Morgan fingerprint density at radius 3 is 2.45 bits per heavy atom. The highest BCUT2D eigenvalue weighted by molar-refractivity contribution is 6.03. The first-order chi connectivity index (χ1) is 18.2. The van der Waals surface area contributed by atoms with E-state index in [-0.39, 0.29) is 19.0 Å². The van der Waals surface area contributed by atoms with Crippen molar-refractivity contribution in [2.45, 2.75) is 77.0 Å². The maximum atomic E-state index is 15.3. The van der Waals surface area contributed by atoms with Crippen molar-refractivity contribution in [3.63, 3.8) is 0 Å². The van der Waals surface area contributed by atoms with Gasteiger partial charge in [0.25, 0.3) is 0 Å². The van der Waals surface area contributed by atoms with E-state index in [0.717, 1.165) is 65.2 Å². The number of ether oxygens (including phenoxy) is 1. The van der Waals surface area contributed by atoms with Crippen LogP contribution in [0.3, 0.4) is 0 Å². The number of rotatable bonds is 12. The number of carbonyl (C=O) groups is 1. The average molecular weight is 544 g/mol. The molecule has 0 radical (unpaired) electrons. The largest absolute Gasteiger partial charge is 0.379 e. The van der Waals surface area contributed by atoms with Gasteiger partial charge in [-0.05, 0) is 57.5 Å². The van der Waals surface area contributed by atoms with Crippen molar-refractivity contribution in [1.82, 2.24) is 20.4 Å². The van der Waals surface area contributed by atoms with Crippen molar-refractivity contribution >= 4 is 11.6 Å². The number of likely N-dealkylation sites (tertiary alicyclic amines) is 1. The molecule has 11 heteroatoms. The minimum atomic E-state index is -1.10. The molecule has 9 nitrogen and oxygen atoms in total. The summed E-state index contributed by atoms with van der Waals surface area (Å²) in [6.45, 7) is 12.7. The zero-order chi connectivity index (χ0) is 27.7. The molecular weight excluding hydrogens is 492 g/mol. The van der Waals surface area contributed by atoms with Gasteiger partial charge in [-0.25, -0.2) is 8.78 Å². The second-order valence-electron chi connectivity index (χ2n) is 11.8. The lowest BCUT2D eigenvalue weighted by atomic mass is 9.90. The Kier molecular flexibility index (Phi) is 12.8. The van der Waals surface area contributed by atoms with Crippen LogP contribution in [0.1, 0.15) is 46.5 Å². The van der Waals surface area contributed by atoms with Crippen molar-refractivity contribution in [2.75, 3.05) is 65.6 Å². The van der Waals surface area contributed by atoms with Gasteiger partial charge < -0.3 is 26.8 Å². The van der Waals surface area contributed by atoms with Gasteiger partial charge in [0.1, 0.15) is 18.3 Å². The van der Waals surface area contributed by atoms with E-state index >= 15 is 4.39 Å². The van der Waals surface area contributed by atoms with Crippen LogP contribution >= 0.6 is 0 Å². The summed E-state index contributed by atoms with van der Waals surface area (Å²) in [5, 5.41) is 6.13. The van der Waals surface area contributed by atoms with E-state index in [2.05, 4.69) is 39.3 Å². The predicted molar refractivity (Wildman–Crippen MR) is 148 cm³/mol. The molecule has 0 aromatic heterocycles.